The molecule has 0 spiro atoms. The van der Waals surface area contributed by atoms with Crippen molar-refractivity contribution in [2.75, 3.05) is 6.54 Å². The van der Waals surface area contributed by atoms with Crippen molar-refractivity contribution in [3.05, 3.63) is 81.9 Å². The molecule has 4 nitrogen and oxygen atoms in total. The van der Waals surface area contributed by atoms with Crippen LogP contribution in [0.2, 0.25) is 5.02 Å². The highest BCUT2D eigenvalue weighted by Crippen LogP contribution is 2.42. The second-order valence-electron chi connectivity index (χ2n) is 8.72. The minimum absolute atomic E-state index is 0.00172. The van der Waals surface area contributed by atoms with Crippen molar-refractivity contribution in [1.29, 1.82) is 0 Å². The Kier molecular flexibility index (Phi) is 6.09. The maximum Gasteiger partial charge on any atom is 0.170 e. The molecule has 2 atom stereocenters. The van der Waals surface area contributed by atoms with Crippen LogP contribution in [0, 0.1) is 26.7 Å². The number of rotatable bonds is 5. The van der Waals surface area contributed by atoms with Crippen LogP contribution < -0.4 is 5.32 Å². The van der Waals surface area contributed by atoms with Gasteiger partial charge >= 0.3 is 0 Å². The van der Waals surface area contributed by atoms with Gasteiger partial charge in [0.25, 0.3) is 0 Å². The molecule has 1 aliphatic heterocycles. The Balaban J connectivity index is 1.86. The number of aryl methyl sites for hydroxylation is 1. The summed E-state index contributed by atoms with van der Waals surface area (Å²) in [5.74, 6) is 0.489. The maximum absolute atomic E-state index is 6.45. The lowest BCUT2D eigenvalue weighted by atomic mass is 9.96. The largest absolute Gasteiger partial charge is 0.352 e. The van der Waals surface area contributed by atoms with Crippen molar-refractivity contribution >= 4 is 28.9 Å². The third kappa shape index (κ3) is 3.97. The van der Waals surface area contributed by atoms with Crippen LogP contribution in [0.25, 0.3) is 5.69 Å². The molecule has 2 aromatic heterocycles. The first-order valence-electron chi connectivity index (χ1n) is 10.7. The third-order valence-corrected chi connectivity index (χ3v) is 6.79. The highest BCUT2D eigenvalue weighted by atomic mass is 35.5. The molecule has 1 saturated heterocycles. The monoisotopic (exact) mass is 452 g/mol. The summed E-state index contributed by atoms with van der Waals surface area (Å²) in [6.45, 7) is 11.8. The van der Waals surface area contributed by atoms with Crippen LogP contribution in [0.1, 0.15) is 54.1 Å². The van der Waals surface area contributed by atoms with Gasteiger partial charge in [0, 0.05) is 34.8 Å². The summed E-state index contributed by atoms with van der Waals surface area (Å²) in [6, 6.07) is 14.5. The maximum atomic E-state index is 6.45. The number of halogens is 1. The van der Waals surface area contributed by atoms with E-state index in [9.17, 15) is 0 Å². The van der Waals surface area contributed by atoms with Gasteiger partial charge in [-0.1, -0.05) is 37.6 Å². The van der Waals surface area contributed by atoms with Crippen LogP contribution in [0.3, 0.4) is 0 Å². The SMILES string of the molecule is Cc1c(Cl)cccc1-n1c(C)cc([C@H]2[C@@H](c3ccccn3)NC(=S)N2CC(C)C)c1C. The number of hydrogen-bond donors (Lipinski definition) is 1. The molecule has 1 aliphatic rings. The van der Waals surface area contributed by atoms with Crippen LogP contribution in [0.4, 0.5) is 0 Å². The summed E-state index contributed by atoms with van der Waals surface area (Å²) >= 11 is 12.2. The van der Waals surface area contributed by atoms with Crippen LogP contribution in [-0.4, -0.2) is 26.1 Å². The van der Waals surface area contributed by atoms with Crippen molar-refractivity contribution in [2.24, 2.45) is 5.92 Å². The van der Waals surface area contributed by atoms with Gasteiger partial charge < -0.3 is 14.8 Å². The molecule has 3 aromatic rings. The van der Waals surface area contributed by atoms with E-state index < -0.39 is 0 Å². The minimum Gasteiger partial charge on any atom is -0.352 e. The van der Waals surface area contributed by atoms with Crippen LogP contribution in [0.5, 0.6) is 0 Å². The molecule has 1 N–H and O–H groups in total. The van der Waals surface area contributed by atoms with E-state index >= 15 is 0 Å². The number of nitrogens with one attached hydrogen (secondary N) is 1. The Morgan fingerprint density at radius 1 is 1.13 bits per heavy atom. The molecule has 31 heavy (non-hydrogen) atoms. The summed E-state index contributed by atoms with van der Waals surface area (Å²) in [4.78, 5) is 6.98. The molecule has 0 aliphatic carbocycles. The molecule has 0 saturated carbocycles. The summed E-state index contributed by atoms with van der Waals surface area (Å²) in [5.41, 5.74) is 6.85. The van der Waals surface area contributed by atoms with Gasteiger partial charge in [-0.15, -0.1) is 0 Å². The molecule has 3 heterocycles. The second-order valence-corrected chi connectivity index (χ2v) is 9.51. The minimum atomic E-state index is 0.00172. The Bertz CT molecular complexity index is 1110. The second kappa shape index (κ2) is 8.64. The molecular formula is C25H29ClN4S. The normalized spacial score (nSPS) is 18.7. The van der Waals surface area contributed by atoms with Crippen LogP contribution in [0.15, 0.2) is 48.7 Å². The first kappa shape index (κ1) is 21.8. The van der Waals surface area contributed by atoms with Crippen molar-refractivity contribution < 1.29 is 0 Å². The van der Waals surface area contributed by atoms with Gasteiger partial charge in [-0.05, 0) is 80.4 Å². The number of benzene rings is 1. The fourth-order valence-electron chi connectivity index (χ4n) is 4.63. The molecule has 0 unspecified atom stereocenters. The van der Waals surface area contributed by atoms with Crippen LogP contribution in [-0.2, 0) is 0 Å². The van der Waals surface area contributed by atoms with Gasteiger partial charge in [0.1, 0.15) is 0 Å². The predicted molar refractivity (Wildman–Crippen MR) is 132 cm³/mol. The predicted octanol–water partition coefficient (Wildman–Crippen LogP) is 6.08. The topological polar surface area (TPSA) is 33.1 Å². The summed E-state index contributed by atoms with van der Waals surface area (Å²) in [5, 5.41) is 5.13. The quantitative estimate of drug-likeness (QED) is 0.475. The average molecular weight is 453 g/mol. The van der Waals surface area contributed by atoms with E-state index in [-0.39, 0.29) is 12.1 Å². The molecule has 0 amide bonds. The standard InChI is InChI=1S/C25H29ClN4S/c1-15(2)14-29-24(23(28-25(29)31)21-10-6-7-12-27-21)19-13-16(3)30(18(19)5)22-11-8-9-20(26)17(22)4/h6-13,15,23-24H,14H2,1-5H3,(H,28,31)/t23-,24+/m1/s1. The van der Waals surface area contributed by atoms with Gasteiger partial charge in [0.15, 0.2) is 5.11 Å². The molecule has 4 rings (SSSR count). The van der Waals surface area contributed by atoms with Crippen LogP contribution >= 0.6 is 23.8 Å². The van der Waals surface area contributed by atoms with Crippen molar-refractivity contribution in [2.45, 2.75) is 46.7 Å². The van der Waals surface area contributed by atoms with Gasteiger partial charge in [-0.2, -0.15) is 0 Å². The van der Waals surface area contributed by atoms with E-state index in [2.05, 4.69) is 72.6 Å². The van der Waals surface area contributed by atoms with E-state index in [1.54, 1.807) is 0 Å². The zero-order chi connectivity index (χ0) is 22.3. The van der Waals surface area contributed by atoms with Crippen molar-refractivity contribution in [1.82, 2.24) is 19.8 Å². The first-order chi connectivity index (χ1) is 14.8. The summed E-state index contributed by atoms with van der Waals surface area (Å²) in [6.07, 6.45) is 1.85. The fourth-order valence-corrected chi connectivity index (χ4v) is 5.11. The molecule has 162 valence electrons. The lowest BCUT2D eigenvalue weighted by molar-refractivity contribution is 0.287. The zero-order valence-electron chi connectivity index (χ0n) is 18.7. The Morgan fingerprint density at radius 3 is 2.58 bits per heavy atom. The van der Waals surface area contributed by atoms with Gasteiger partial charge in [0.05, 0.1) is 17.8 Å². The van der Waals surface area contributed by atoms with E-state index in [0.29, 0.717) is 5.92 Å². The highest BCUT2D eigenvalue weighted by molar-refractivity contribution is 7.80. The number of thiocarbonyl (C=S) groups is 1. The number of pyridine rings is 1. The van der Waals surface area contributed by atoms with Gasteiger partial charge in [0.2, 0.25) is 0 Å². The van der Waals surface area contributed by atoms with Gasteiger partial charge in [-0.3, -0.25) is 4.98 Å². The van der Waals surface area contributed by atoms with E-state index in [1.165, 1.54) is 17.0 Å². The first-order valence-corrected chi connectivity index (χ1v) is 11.5. The summed E-state index contributed by atoms with van der Waals surface area (Å²) < 4.78 is 2.31. The number of nitrogens with zero attached hydrogens (tertiary/aromatic N) is 3. The lowest BCUT2D eigenvalue weighted by Crippen LogP contribution is -2.33. The average Bonchev–Trinajstić information content (AvgIpc) is 3.20. The molecule has 6 heteroatoms. The highest BCUT2D eigenvalue weighted by Gasteiger charge is 2.41. The molecule has 0 radical (unpaired) electrons. The lowest BCUT2D eigenvalue weighted by Gasteiger charge is -2.29. The Morgan fingerprint density at radius 2 is 1.90 bits per heavy atom. The zero-order valence-corrected chi connectivity index (χ0v) is 20.3. The van der Waals surface area contributed by atoms with E-state index in [1.807, 2.05) is 30.5 Å². The number of aromatic nitrogens is 2. The Labute approximate surface area is 195 Å². The summed E-state index contributed by atoms with van der Waals surface area (Å²) in [7, 11) is 0. The molecule has 0 bridgehead atoms. The molecular weight excluding hydrogens is 424 g/mol. The molecule has 1 fully saturated rings. The van der Waals surface area contributed by atoms with Crippen molar-refractivity contribution in [3.63, 3.8) is 0 Å². The fraction of sp³-hybridized carbons (Fsp3) is 0.360. The smallest absolute Gasteiger partial charge is 0.170 e. The van der Waals surface area contributed by atoms with Gasteiger partial charge in [-0.25, -0.2) is 0 Å². The van der Waals surface area contributed by atoms with E-state index in [0.717, 1.165) is 33.6 Å². The van der Waals surface area contributed by atoms with E-state index in [4.69, 9.17) is 23.8 Å². The molecule has 1 aromatic carbocycles. The number of hydrogen-bond acceptors (Lipinski definition) is 2. The Hall–Kier alpha value is -2.37. The third-order valence-electron chi connectivity index (χ3n) is 6.03. The van der Waals surface area contributed by atoms with Crippen molar-refractivity contribution in [3.8, 4) is 5.69 Å².